The largest absolute Gasteiger partial charge is 0.378 e. The fourth-order valence-corrected chi connectivity index (χ4v) is 1.58. The van der Waals surface area contributed by atoms with Crippen molar-refractivity contribution in [3.63, 3.8) is 0 Å². The van der Waals surface area contributed by atoms with E-state index in [0.717, 1.165) is 5.56 Å². The Hall–Kier alpha value is -3.00. The van der Waals surface area contributed by atoms with Gasteiger partial charge in [0.05, 0.1) is 4.92 Å². The first-order valence-electron chi connectivity index (χ1n) is 5.63. The fraction of sp³-hybridized carbons (Fsp3) is 0. The Balaban J connectivity index is 2.37. The molecule has 0 aliphatic carbocycles. The van der Waals surface area contributed by atoms with Gasteiger partial charge in [-0.1, -0.05) is 36.4 Å². The molecule has 2 aromatic rings. The van der Waals surface area contributed by atoms with Gasteiger partial charge in [0.25, 0.3) is 0 Å². The van der Waals surface area contributed by atoms with Gasteiger partial charge in [0, 0.05) is 0 Å². The summed E-state index contributed by atoms with van der Waals surface area (Å²) in [5.41, 5.74) is 8.19. The van der Waals surface area contributed by atoms with Crippen molar-refractivity contribution < 1.29 is 4.92 Å². The van der Waals surface area contributed by atoms with Crippen LogP contribution in [-0.4, -0.2) is 14.9 Å². The average Bonchev–Trinajstić information content (AvgIpc) is 2.45. The van der Waals surface area contributed by atoms with Gasteiger partial charge in [-0.05, 0) is 11.6 Å². The Bertz CT molecular complexity index is 656. The van der Waals surface area contributed by atoms with E-state index in [1.54, 1.807) is 12.2 Å². The number of nitrogens with one attached hydrogen (secondary N) is 1. The number of hydrogen-bond acceptors (Lipinski definition) is 7. The fourth-order valence-electron chi connectivity index (χ4n) is 1.58. The Kier molecular flexibility index (Phi) is 3.87. The smallest absolute Gasteiger partial charge is 0.354 e. The Morgan fingerprint density at radius 1 is 1.20 bits per heavy atom. The monoisotopic (exact) mass is 272 g/mol. The molecule has 8 heteroatoms. The molecular weight excluding hydrogens is 260 g/mol. The maximum Gasteiger partial charge on any atom is 0.354 e. The topological polar surface area (TPSA) is 133 Å². The van der Waals surface area contributed by atoms with E-state index in [1.165, 1.54) is 0 Å². The molecule has 0 unspecified atom stereocenters. The second-order valence-electron chi connectivity index (χ2n) is 3.81. The number of hydrazine groups is 1. The molecule has 20 heavy (non-hydrogen) atoms. The molecule has 0 saturated heterocycles. The zero-order valence-corrected chi connectivity index (χ0v) is 10.4. The van der Waals surface area contributed by atoms with Crippen LogP contribution in [0.1, 0.15) is 11.4 Å². The van der Waals surface area contributed by atoms with Crippen molar-refractivity contribution in [2.75, 3.05) is 11.2 Å². The van der Waals surface area contributed by atoms with Gasteiger partial charge in [0.2, 0.25) is 11.6 Å². The Morgan fingerprint density at radius 3 is 2.50 bits per heavy atom. The van der Waals surface area contributed by atoms with Crippen LogP contribution in [-0.2, 0) is 0 Å². The number of benzene rings is 1. The van der Waals surface area contributed by atoms with Crippen molar-refractivity contribution in [2.45, 2.75) is 0 Å². The molecule has 1 aromatic heterocycles. The first kappa shape index (κ1) is 13.4. The van der Waals surface area contributed by atoms with Crippen molar-refractivity contribution in [1.29, 1.82) is 0 Å². The third-order valence-corrected chi connectivity index (χ3v) is 2.47. The lowest BCUT2D eigenvalue weighted by Gasteiger charge is -2.04. The summed E-state index contributed by atoms with van der Waals surface area (Å²) >= 11 is 0. The zero-order valence-electron chi connectivity index (χ0n) is 10.4. The van der Waals surface area contributed by atoms with Crippen molar-refractivity contribution in [1.82, 2.24) is 9.97 Å². The predicted octanol–water partition coefficient (Wildman–Crippen LogP) is 1.42. The molecule has 0 saturated carbocycles. The first-order valence-corrected chi connectivity index (χ1v) is 5.63. The van der Waals surface area contributed by atoms with E-state index in [1.807, 2.05) is 30.3 Å². The SMILES string of the molecule is NNc1nc(/C=C/c2ccccc2)nc(N)c1[N+](=O)[O-]. The second kappa shape index (κ2) is 5.76. The molecular formula is C12H12N6O2. The van der Waals surface area contributed by atoms with Crippen LogP contribution in [0.25, 0.3) is 12.2 Å². The van der Waals surface area contributed by atoms with Crippen molar-refractivity contribution >= 4 is 29.5 Å². The van der Waals surface area contributed by atoms with E-state index < -0.39 is 10.6 Å². The van der Waals surface area contributed by atoms with Crippen LogP contribution >= 0.6 is 0 Å². The molecule has 0 amide bonds. The van der Waals surface area contributed by atoms with Gasteiger partial charge in [-0.3, -0.25) is 10.1 Å². The lowest BCUT2D eigenvalue weighted by Crippen LogP contribution is -2.14. The summed E-state index contributed by atoms with van der Waals surface area (Å²) in [5, 5.41) is 10.8. The highest BCUT2D eigenvalue weighted by Gasteiger charge is 2.21. The lowest BCUT2D eigenvalue weighted by atomic mass is 10.2. The maximum absolute atomic E-state index is 10.8. The molecule has 2 rings (SSSR count). The minimum atomic E-state index is -0.685. The number of nitro groups is 1. The summed E-state index contributed by atoms with van der Waals surface area (Å²) in [5.74, 6) is 5.06. The van der Waals surface area contributed by atoms with E-state index in [-0.39, 0.29) is 17.5 Å². The molecule has 102 valence electrons. The summed E-state index contributed by atoms with van der Waals surface area (Å²) in [7, 11) is 0. The summed E-state index contributed by atoms with van der Waals surface area (Å²) in [6, 6.07) is 9.46. The van der Waals surface area contributed by atoms with Crippen LogP contribution < -0.4 is 17.0 Å². The normalized spacial score (nSPS) is 10.7. The van der Waals surface area contributed by atoms with E-state index in [2.05, 4.69) is 15.4 Å². The summed E-state index contributed by atoms with van der Waals surface area (Å²) < 4.78 is 0. The Morgan fingerprint density at radius 2 is 1.90 bits per heavy atom. The highest BCUT2D eigenvalue weighted by atomic mass is 16.6. The van der Waals surface area contributed by atoms with Gasteiger partial charge in [-0.2, -0.15) is 0 Å². The summed E-state index contributed by atoms with van der Waals surface area (Å²) in [6.07, 6.45) is 3.36. The van der Waals surface area contributed by atoms with Crippen LogP contribution in [0.4, 0.5) is 17.3 Å². The number of aromatic nitrogens is 2. The first-order chi connectivity index (χ1) is 9.61. The second-order valence-corrected chi connectivity index (χ2v) is 3.81. The third-order valence-electron chi connectivity index (χ3n) is 2.47. The number of nitrogens with two attached hydrogens (primary N) is 2. The molecule has 0 bridgehead atoms. The molecule has 0 aliphatic rings. The minimum Gasteiger partial charge on any atom is -0.378 e. The lowest BCUT2D eigenvalue weighted by molar-refractivity contribution is -0.383. The third kappa shape index (κ3) is 2.87. The molecule has 5 N–H and O–H groups in total. The van der Waals surface area contributed by atoms with E-state index >= 15 is 0 Å². The van der Waals surface area contributed by atoms with Gasteiger partial charge in [-0.15, -0.1) is 0 Å². The van der Waals surface area contributed by atoms with Crippen LogP contribution in [0.3, 0.4) is 0 Å². The maximum atomic E-state index is 10.8. The molecule has 0 aliphatic heterocycles. The van der Waals surface area contributed by atoms with Gasteiger partial charge in [-0.25, -0.2) is 15.8 Å². The van der Waals surface area contributed by atoms with Gasteiger partial charge in [0.15, 0.2) is 5.82 Å². The number of rotatable bonds is 4. The van der Waals surface area contributed by atoms with Crippen molar-refractivity contribution in [2.24, 2.45) is 5.84 Å². The summed E-state index contributed by atoms with van der Waals surface area (Å²) in [4.78, 5) is 17.9. The van der Waals surface area contributed by atoms with E-state index in [0.29, 0.717) is 0 Å². The van der Waals surface area contributed by atoms with E-state index in [9.17, 15) is 10.1 Å². The van der Waals surface area contributed by atoms with Crippen LogP contribution in [0.5, 0.6) is 0 Å². The zero-order chi connectivity index (χ0) is 14.5. The highest BCUT2D eigenvalue weighted by Crippen LogP contribution is 2.27. The number of hydrogen-bond donors (Lipinski definition) is 3. The van der Waals surface area contributed by atoms with Crippen LogP contribution in [0.2, 0.25) is 0 Å². The molecule has 1 aromatic carbocycles. The van der Waals surface area contributed by atoms with Crippen molar-refractivity contribution in [3.05, 3.63) is 51.8 Å². The van der Waals surface area contributed by atoms with Gasteiger partial charge < -0.3 is 11.2 Å². The highest BCUT2D eigenvalue weighted by molar-refractivity contribution is 5.72. The quantitative estimate of drug-likeness (QED) is 0.435. The van der Waals surface area contributed by atoms with Crippen LogP contribution in [0, 0.1) is 10.1 Å². The van der Waals surface area contributed by atoms with Gasteiger partial charge >= 0.3 is 5.69 Å². The number of nitrogen functional groups attached to an aromatic ring is 2. The molecule has 0 fully saturated rings. The molecule has 0 spiro atoms. The Labute approximate surface area is 114 Å². The number of anilines is 2. The molecule has 0 atom stereocenters. The number of nitrogens with zero attached hydrogens (tertiary/aromatic N) is 3. The minimum absolute atomic E-state index is 0.129. The summed E-state index contributed by atoms with van der Waals surface area (Å²) in [6.45, 7) is 0. The molecule has 8 nitrogen and oxygen atoms in total. The van der Waals surface area contributed by atoms with E-state index in [4.69, 9.17) is 11.6 Å². The molecule has 0 radical (unpaired) electrons. The van der Waals surface area contributed by atoms with Crippen molar-refractivity contribution in [3.8, 4) is 0 Å². The molecule has 1 heterocycles. The standard InChI is InChI=1S/C12H12N6O2/c13-11-10(18(19)20)12(17-14)16-9(15-11)7-6-8-4-2-1-3-5-8/h1-7H,14H2,(H3,13,15,16,17)/b7-6+. The average molecular weight is 272 g/mol. The van der Waals surface area contributed by atoms with Crippen LogP contribution in [0.15, 0.2) is 30.3 Å². The van der Waals surface area contributed by atoms with Gasteiger partial charge in [0.1, 0.15) is 0 Å². The predicted molar refractivity (Wildman–Crippen MR) is 76.3 cm³/mol.